The van der Waals surface area contributed by atoms with Crippen molar-refractivity contribution in [1.29, 1.82) is 0 Å². The van der Waals surface area contributed by atoms with E-state index in [2.05, 4.69) is 4.72 Å². The second-order valence-corrected chi connectivity index (χ2v) is 6.14. The Morgan fingerprint density at radius 3 is 2.78 bits per heavy atom. The Morgan fingerprint density at radius 2 is 2.17 bits per heavy atom. The van der Waals surface area contributed by atoms with Gasteiger partial charge in [0.1, 0.15) is 5.75 Å². The molecule has 1 heterocycles. The fourth-order valence-electron chi connectivity index (χ4n) is 2.36. The van der Waals surface area contributed by atoms with E-state index in [4.69, 9.17) is 4.74 Å². The summed E-state index contributed by atoms with van der Waals surface area (Å²) in [6.07, 6.45) is 0.706. The number of hydrogen-bond acceptors (Lipinski definition) is 3. The molecule has 0 aliphatic carbocycles. The van der Waals surface area contributed by atoms with Crippen molar-refractivity contribution in [2.24, 2.45) is 0 Å². The summed E-state index contributed by atoms with van der Waals surface area (Å²) in [5, 5.41) is 0. The van der Waals surface area contributed by atoms with E-state index in [1.807, 2.05) is 25.1 Å². The van der Waals surface area contributed by atoms with Gasteiger partial charge in [-0.05, 0) is 36.6 Å². The lowest BCUT2D eigenvalue weighted by molar-refractivity contribution is 0.322. The van der Waals surface area contributed by atoms with E-state index in [1.54, 1.807) is 7.11 Å². The summed E-state index contributed by atoms with van der Waals surface area (Å²) >= 11 is 0. The Labute approximate surface area is 108 Å². The third-order valence-corrected chi connectivity index (χ3v) is 5.03. The van der Waals surface area contributed by atoms with Gasteiger partial charge < -0.3 is 4.74 Å². The quantitative estimate of drug-likeness (QED) is 0.894. The number of nitrogens with zero attached hydrogens (tertiary/aromatic N) is 1. The topological polar surface area (TPSA) is 58.6 Å². The first-order valence-electron chi connectivity index (χ1n) is 5.86. The Kier molecular flexibility index (Phi) is 3.61. The van der Waals surface area contributed by atoms with Crippen molar-refractivity contribution in [3.8, 4) is 5.75 Å². The maximum Gasteiger partial charge on any atom is 0.279 e. The fraction of sp³-hybridized carbons (Fsp3) is 0.500. The molecule has 1 unspecified atom stereocenters. The minimum Gasteiger partial charge on any atom is -0.497 e. The van der Waals surface area contributed by atoms with E-state index < -0.39 is 10.2 Å². The highest BCUT2D eigenvalue weighted by Crippen LogP contribution is 2.32. The van der Waals surface area contributed by atoms with Crippen molar-refractivity contribution >= 4 is 10.2 Å². The summed E-state index contributed by atoms with van der Waals surface area (Å²) in [5.41, 5.74) is 2.20. The summed E-state index contributed by atoms with van der Waals surface area (Å²) in [4.78, 5) is 0. The molecule has 5 nitrogen and oxygen atoms in total. The maximum atomic E-state index is 11.9. The highest BCUT2D eigenvalue weighted by Gasteiger charge is 2.31. The Hall–Kier alpha value is -1.11. The molecule has 100 valence electrons. The first-order chi connectivity index (χ1) is 8.49. The molecule has 18 heavy (non-hydrogen) atoms. The molecule has 1 aromatic rings. The summed E-state index contributed by atoms with van der Waals surface area (Å²) < 4.78 is 32.8. The predicted molar refractivity (Wildman–Crippen MR) is 69.8 cm³/mol. The van der Waals surface area contributed by atoms with Crippen LogP contribution in [-0.4, -0.2) is 33.4 Å². The van der Waals surface area contributed by atoms with Gasteiger partial charge in [0, 0.05) is 19.6 Å². The third-order valence-electron chi connectivity index (χ3n) is 3.40. The number of ether oxygens (including phenoxy) is 1. The molecule has 0 spiro atoms. The summed E-state index contributed by atoms with van der Waals surface area (Å²) in [6, 6.07) is 5.63. The van der Waals surface area contributed by atoms with E-state index in [-0.39, 0.29) is 6.04 Å². The van der Waals surface area contributed by atoms with Crippen molar-refractivity contribution in [1.82, 2.24) is 9.03 Å². The van der Waals surface area contributed by atoms with Crippen LogP contribution in [0.15, 0.2) is 18.2 Å². The third kappa shape index (κ3) is 2.23. The van der Waals surface area contributed by atoms with Crippen LogP contribution in [0.25, 0.3) is 0 Å². The van der Waals surface area contributed by atoms with Crippen LogP contribution >= 0.6 is 0 Å². The van der Waals surface area contributed by atoms with Gasteiger partial charge in [-0.25, -0.2) is 4.72 Å². The minimum absolute atomic E-state index is 0.155. The lowest BCUT2D eigenvalue weighted by Gasteiger charge is -2.33. The van der Waals surface area contributed by atoms with Crippen molar-refractivity contribution in [2.45, 2.75) is 19.4 Å². The molecular formula is C12H18N2O3S. The lowest BCUT2D eigenvalue weighted by atomic mass is 9.95. The van der Waals surface area contributed by atoms with Gasteiger partial charge in [0.15, 0.2) is 0 Å². The van der Waals surface area contributed by atoms with Gasteiger partial charge in [0.25, 0.3) is 10.2 Å². The zero-order chi connectivity index (χ0) is 13.3. The molecule has 0 aromatic heterocycles. The van der Waals surface area contributed by atoms with E-state index in [9.17, 15) is 8.42 Å². The molecule has 0 radical (unpaired) electrons. The van der Waals surface area contributed by atoms with Crippen LogP contribution in [0.4, 0.5) is 0 Å². The molecule has 1 aliphatic heterocycles. The number of methoxy groups -OCH3 is 1. The SMILES string of the molecule is CNS(=O)(=O)N1CCc2cc(OC)ccc2C1C. The van der Waals surface area contributed by atoms with E-state index in [0.29, 0.717) is 13.0 Å². The van der Waals surface area contributed by atoms with Crippen molar-refractivity contribution in [3.05, 3.63) is 29.3 Å². The van der Waals surface area contributed by atoms with Crippen LogP contribution in [0, 0.1) is 0 Å². The predicted octanol–water partition coefficient (Wildman–Crippen LogP) is 1.08. The summed E-state index contributed by atoms with van der Waals surface area (Å²) in [6.45, 7) is 2.39. The molecule has 1 aromatic carbocycles. The van der Waals surface area contributed by atoms with Crippen molar-refractivity contribution in [2.75, 3.05) is 20.7 Å². The van der Waals surface area contributed by atoms with E-state index in [0.717, 1.165) is 16.9 Å². The molecule has 0 saturated heterocycles. The lowest BCUT2D eigenvalue weighted by Crippen LogP contribution is -2.44. The Bertz CT molecular complexity index is 542. The molecule has 2 rings (SSSR count). The Balaban J connectivity index is 2.37. The second kappa shape index (κ2) is 4.87. The Morgan fingerprint density at radius 1 is 1.44 bits per heavy atom. The van der Waals surface area contributed by atoms with Crippen LogP contribution in [0.1, 0.15) is 24.1 Å². The number of rotatable bonds is 3. The zero-order valence-electron chi connectivity index (χ0n) is 10.8. The molecule has 0 saturated carbocycles. The minimum atomic E-state index is -3.38. The molecular weight excluding hydrogens is 252 g/mol. The van der Waals surface area contributed by atoms with Crippen LogP contribution in [0.2, 0.25) is 0 Å². The molecule has 0 fully saturated rings. The molecule has 1 N–H and O–H groups in total. The number of fused-ring (bicyclic) bond motifs is 1. The van der Waals surface area contributed by atoms with E-state index >= 15 is 0 Å². The number of hydrogen-bond donors (Lipinski definition) is 1. The van der Waals surface area contributed by atoms with Crippen LogP contribution in [0.3, 0.4) is 0 Å². The monoisotopic (exact) mass is 270 g/mol. The van der Waals surface area contributed by atoms with Gasteiger partial charge in [-0.3, -0.25) is 0 Å². The van der Waals surface area contributed by atoms with Gasteiger partial charge in [-0.2, -0.15) is 12.7 Å². The van der Waals surface area contributed by atoms with Crippen molar-refractivity contribution in [3.63, 3.8) is 0 Å². The molecule has 0 bridgehead atoms. The maximum absolute atomic E-state index is 11.9. The standard InChI is InChI=1S/C12H18N2O3S/c1-9-12-5-4-11(17-3)8-10(12)6-7-14(9)18(15,16)13-2/h4-5,8-9,13H,6-7H2,1-3H3. The second-order valence-electron chi connectivity index (χ2n) is 4.31. The van der Waals surface area contributed by atoms with Crippen LogP contribution in [-0.2, 0) is 16.6 Å². The van der Waals surface area contributed by atoms with Gasteiger partial charge in [0.05, 0.1) is 7.11 Å². The van der Waals surface area contributed by atoms with Gasteiger partial charge in [-0.15, -0.1) is 0 Å². The van der Waals surface area contributed by atoms with Crippen LogP contribution in [0.5, 0.6) is 5.75 Å². The number of benzene rings is 1. The summed E-state index contributed by atoms with van der Waals surface area (Å²) in [7, 11) is -0.310. The first kappa shape index (κ1) is 13.3. The largest absolute Gasteiger partial charge is 0.497 e. The zero-order valence-corrected chi connectivity index (χ0v) is 11.6. The molecule has 6 heteroatoms. The average molecular weight is 270 g/mol. The highest BCUT2D eigenvalue weighted by atomic mass is 32.2. The number of nitrogens with one attached hydrogen (secondary N) is 1. The molecule has 1 aliphatic rings. The van der Waals surface area contributed by atoms with Gasteiger partial charge in [-0.1, -0.05) is 6.07 Å². The average Bonchev–Trinajstić information content (AvgIpc) is 2.38. The fourth-order valence-corrected chi connectivity index (χ4v) is 3.45. The van der Waals surface area contributed by atoms with Gasteiger partial charge in [0.2, 0.25) is 0 Å². The van der Waals surface area contributed by atoms with Crippen LogP contribution < -0.4 is 9.46 Å². The van der Waals surface area contributed by atoms with E-state index in [1.165, 1.54) is 11.4 Å². The molecule has 0 amide bonds. The normalized spacial score (nSPS) is 20.5. The van der Waals surface area contributed by atoms with Crippen molar-refractivity contribution < 1.29 is 13.2 Å². The molecule has 1 atom stereocenters. The van der Waals surface area contributed by atoms with Gasteiger partial charge >= 0.3 is 0 Å². The smallest absolute Gasteiger partial charge is 0.279 e. The highest BCUT2D eigenvalue weighted by molar-refractivity contribution is 7.87. The summed E-state index contributed by atoms with van der Waals surface area (Å²) in [5.74, 6) is 0.811. The first-order valence-corrected chi connectivity index (χ1v) is 7.30.